The molecule has 0 aromatic rings. The summed E-state index contributed by atoms with van der Waals surface area (Å²) >= 11 is 3.49. The van der Waals surface area contributed by atoms with Crippen LogP contribution < -0.4 is 5.73 Å². The van der Waals surface area contributed by atoms with Gasteiger partial charge in [-0.1, -0.05) is 0 Å². The highest BCUT2D eigenvalue weighted by atomic mass is 32.1. The molecule has 0 heterocycles. The fourth-order valence-corrected chi connectivity index (χ4v) is 0.191. The van der Waals surface area contributed by atoms with Gasteiger partial charge in [-0.3, -0.25) is 4.79 Å². The Balaban J connectivity index is 3.64. The number of thiol groups is 1. The minimum absolute atomic E-state index is 1.03. The number of hydrogen-bond donors (Lipinski definition) is 3. The minimum Gasteiger partial charge on any atom is -0.480 e. The molecule has 2 atom stereocenters. The molecule has 7 heavy (non-hydrogen) atoms. The molecule has 0 bridgehead atoms. The number of carboxylic acid groups (broad SMARTS) is 1. The van der Waals surface area contributed by atoms with Crippen LogP contribution in [0.25, 0.3) is 0 Å². The van der Waals surface area contributed by atoms with Gasteiger partial charge >= 0.3 is 5.97 Å². The Labute approximate surface area is 48.3 Å². The second kappa shape index (κ2) is 2.87. The van der Waals surface area contributed by atoms with Crippen molar-refractivity contribution in [3.63, 3.8) is 0 Å². The van der Waals surface area contributed by atoms with E-state index in [1.165, 1.54) is 0 Å². The van der Waals surface area contributed by atoms with Crippen molar-refractivity contribution in [2.75, 3.05) is 5.73 Å². The zero-order chi connectivity index (χ0) is 6.73. The van der Waals surface area contributed by atoms with Gasteiger partial charge in [-0.25, -0.2) is 0 Å². The molecule has 3 N–H and O–H groups in total. The van der Waals surface area contributed by atoms with Crippen LogP contribution in [0.5, 0.6) is 0 Å². The smallest absolute Gasteiger partial charge is 0.321 e. The lowest BCUT2D eigenvalue weighted by Gasteiger charge is -1.96. The lowest BCUT2D eigenvalue weighted by molar-refractivity contribution is -0.137. The van der Waals surface area contributed by atoms with Crippen LogP contribution in [0.15, 0.2) is 0 Å². The Kier molecular flexibility index (Phi) is 2.02. The number of carboxylic acids is 1. The average Bonchev–Trinajstić information content (AvgIpc) is 1.64. The number of carbonyl (C=O) groups is 1. The minimum atomic E-state index is -1.19. The van der Waals surface area contributed by atoms with Gasteiger partial charge in [0.05, 0.1) is 0 Å². The number of aliphatic carboxylic acids is 1. The van der Waals surface area contributed by atoms with E-state index in [-0.39, 0.29) is 0 Å². The van der Waals surface area contributed by atoms with Crippen LogP contribution in [0.4, 0.5) is 0 Å². The fourth-order valence-electron chi connectivity index (χ4n) is 0.0638. The third kappa shape index (κ3) is 2.47. The summed E-state index contributed by atoms with van der Waals surface area (Å²) in [6.07, 6.45) is 0. The highest BCUT2D eigenvalue weighted by Gasteiger charge is 2.06. The number of nitrogens with two attached hydrogens (primary N) is 1. The molecule has 0 saturated carbocycles. The molecule has 4 heteroatoms. The van der Waals surface area contributed by atoms with Crippen molar-refractivity contribution < 1.29 is 11.3 Å². The van der Waals surface area contributed by atoms with E-state index in [1.54, 1.807) is 0 Å². The summed E-state index contributed by atoms with van der Waals surface area (Å²) in [7, 11) is 0. The van der Waals surface area contributed by atoms with Gasteiger partial charge in [0.2, 0.25) is 0 Å². The van der Waals surface area contributed by atoms with Gasteiger partial charge in [0, 0.05) is 7.10 Å². The Morgan fingerprint density at radius 3 is 2.71 bits per heavy atom. The van der Waals surface area contributed by atoms with Gasteiger partial charge in [-0.15, -0.1) is 0 Å². The van der Waals surface area contributed by atoms with Crippen molar-refractivity contribution >= 4 is 18.6 Å². The molecule has 1 unspecified atom stereocenters. The summed E-state index contributed by atoms with van der Waals surface area (Å²) in [6.45, 7) is 0. The van der Waals surface area contributed by atoms with E-state index in [2.05, 4.69) is 12.6 Å². The van der Waals surface area contributed by atoms with Crippen molar-refractivity contribution in [1.29, 1.82) is 0 Å². The Hall–Kier alpha value is -0.220. The second-order valence-electron chi connectivity index (χ2n) is 1.01. The maximum absolute atomic E-state index is 9.85. The maximum Gasteiger partial charge on any atom is 0.321 e. The SMILES string of the molecule is [2H]C(S)[C@H]([15NH2])C(=O)O. The monoisotopic (exact) mass is 123 g/mol. The lowest BCUT2D eigenvalue weighted by atomic mass is 10.4. The number of rotatable bonds is 2. The van der Waals surface area contributed by atoms with Crippen molar-refractivity contribution in [3.05, 3.63) is 0 Å². The molecule has 0 aromatic heterocycles. The van der Waals surface area contributed by atoms with Gasteiger partial charge in [-0.2, -0.15) is 12.6 Å². The molecule has 0 amide bonds. The van der Waals surface area contributed by atoms with Crippen molar-refractivity contribution in [2.45, 2.75) is 6.04 Å². The normalized spacial score (nSPS) is 20.0. The van der Waals surface area contributed by atoms with Gasteiger partial charge in [0.1, 0.15) is 6.04 Å². The van der Waals surface area contributed by atoms with E-state index in [4.69, 9.17) is 12.2 Å². The first-order chi connectivity index (χ1) is 3.55. The second-order valence-corrected chi connectivity index (χ2v) is 1.31. The summed E-state index contributed by atoms with van der Waals surface area (Å²) in [5.74, 6) is -1.19. The molecule has 3 nitrogen and oxygen atoms in total. The summed E-state index contributed by atoms with van der Waals surface area (Å²) in [6, 6.07) is -1.18. The molecule has 0 rings (SSSR count). The molecule has 0 saturated heterocycles. The van der Waals surface area contributed by atoms with Crippen LogP contribution in [-0.4, -0.2) is 22.8 Å². The largest absolute Gasteiger partial charge is 0.480 e. The first-order valence-electron chi connectivity index (χ1n) is 2.22. The van der Waals surface area contributed by atoms with Crippen LogP contribution in [0.1, 0.15) is 1.37 Å². The predicted octanol–water partition coefficient (Wildman–Crippen LogP) is -0.672. The predicted molar refractivity (Wildman–Crippen MR) is 29.5 cm³/mol. The highest BCUT2D eigenvalue weighted by molar-refractivity contribution is 7.80. The van der Waals surface area contributed by atoms with Crippen LogP contribution in [0.2, 0.25) is 0 Å². The standard InChI is InChI=1S/C3H7NO2S/c4-2(1-7)3(5)6/h2,7H,1,4H2,(H,5,6)/t2-/m0/s1/i1D,4+1/t1?,2-. The maximum atomic E-state index is 9.85. The molecule has 0 aliphatic carbocycles. The summed E-state index contributed by atoms with van der Waals surface area (Å²) < 4.78 is 6.67. The van der Waals surface area contributed by atoms with Gasteiger partial charge in [-0.05, 0) is 0 Å². The third-order valence-electron chi connectivity index (χ3n) is 0.446. The lowest BCUT2D eigenvalue weighted by Crippen LogP contribution is -2.31. The van der Waals surface area contributed by atoms with E-state index in [9.17, 15) is 4.79 Å². The van der Waals surface area contributed by atoms with Crippen LogP contribution in [-0.2, 0) is 4.79 Å². The zero-order valence-corrected chi connectivity index (χ0v) is 4.43. The molecule has 0 aliphatic heterocycles. The van der Waals surface area contributed by atoms with Crippen molar-refractivity contribution in [1.82, 2.24) is 0 Å². The number of hydrogen-bond acceptors (Lipinski definition) is 3. The first kappa shape index (κ1) is 4.93. The molecular weight excluding hydrogens is 115 g/mol. The molecule has 0 spiro atoms. The van der Waals surface area contributed by atoms with Crippen molar-refractivity contribution in [2.24, 2.45) is 5.73 Å². The van der Waals surface area contributed by atoms with Crippen LogP contribution >= 0.6 is 12.6 Å². The Morgan fingerprint density at radius 2 is 2.71 bits per heavy atom. The molecule has 0 fully saturated rings. The summed E-state index contributed by atoms with van der Waals surface area (Å²) in [4.78, 5) is 9.85. The molecule has 42 valence electrons. The van der Waals surface area contributed by atoms with E-state index in [1.807, 2.05) is 0 Å². The first-order valence-corrected chi connectivity index (χ1v) is 2.16. The van der Waals surface area contributed by atoms with Crippen LogP contribution in [0, 0.1) is 0 Å². The van der Waals surface area contributed by atoms with Gasteiger partial charge in [0.25, 0.3) is 0 Å². The summed E-state index contributed by atoms with van der Waals surface area (Å²) in [5.41, 5.74) is 3.86. The molecule has 0 aromatic carbocycles. The van der Waals surface area contributed by atoms with Gasteiger partial charge < -0.3 is 10.8 Å². The zero-order valence-electron chi connectivity index (χ0n) is 4.53. The van der Waals surface area contributed by atoms with E-state index >= 15 is 0 Å². The molecular formula is C3H7NO2S. The topological polar surface area (TPSA) is 63.3 Å². The Bertz CT molecular complexity index is 97.3. The quantitative estimate of drug-likeness (QED) is 0.337. The summed E-state index contributed by atoms with van der Waals surface area (Å²) in [5, 5.41) is 8.06. The Morgan fingerprint density at radius 1 is 2.29 bits per heavy atom. The van der Waals surface area contributed by atoms with E-state index in [0.29, 0.717) is 0 Å². The van der Waals surface area contributed by atoms with Gasteiger partial charge in [0.15, 0.2) is 0 Å². The van der Waals surface area contributed by atoms with Crippen LogP contribution in [0.3, 0.4) is 0 Å². The highest BCUT2D eigenvalue weighted by Crippen LogP contribution is 1.80. The average molecular weight is 123 g/mol. The molecule has 0 radical (unpaired) electrons. The third-order valence-corrected chi connectivity index (χ3v) is 0.767. The van der Waals surface area contributed by atoms with E-state index < -0.39 is 17.7 Å². The molecule has 0 aliphatic rings. The van der Waals surface area contributed by atoms with E-state index in [0.717, 1.165) is 0 Å². The fraction of sp³-hybridized carbons (Fsp3) is 0.667. The van der Waals surface area contributed by atoms with Crippen molar-refractivity contribution in [3.8, 4) is 0 Å².